The molecular formula is C36H56O4Si2. The molecule has 2 aromatic carbocycles. The summed E-state index contributed by atoms with van der Waals surface area (Å²) in [5.41, 5.74) is 1.09. The number of hydrogen-bond donors (Lipinski definition) is 1. The quantitative estimate of drug-likeness (QED) is 0.210. The number of ether oxygens (including phenoxy) is 1. The molecule has 42 heavy (non-hydrogen) atoms. The molecule has 232 valence electrons. The lowest BCUT2D eigenvalue weighted by Gasteiger charge is -2.46. The molecule has 1 aliphatic rings. The van der Waals surface area contributed by atoms with Crippen molar-refractivity contribution in [3.8, 4) is 0 Å². The Bertz CT molecular complexity index is 1120. The minimum absolute atomic E-state index is 0.0325. The number of benzene rings is 2. The zero-order valence-corrected chi connectivity index (χ0v) is 29.8. The Morgan fingerprint density at radius 2 is 1.48 bits per heavy atom. The van der Waals surface area contributed by atoms with Gasteiger partial charge in [-0.05, 0) is 53.3 Å². The average molecular weight is 609 g/mol. The number of hydrogen-bond acceptors (Lipinski definition) is 4. The summed E-state index contributed by atoms with van der Waals surface area (Å²) in [7, 11) is -4.59. The molecule has 1 N–H and O–H groups in total. The van der Waals surface area contributed by atoms with Crippen LogP contribution in [0.15, 0.2) is 84.5 Å². The first-order valence-electron chi connectivity index (χ1n) is 15.7. The first-order valence-corrected chi connectivity index (χ1v) is 20.5. The largest absolute Gasteiger partial charge is 0.413 e. The fraction of sp³-hybridized carbons (Fsp3) is 0.556. The monoisotopic (exact) mass is 608 g/mol. The van der Waals surface area contributed by atoms with Crippen LogP contribution in [-0.4, -0.2) is 53.3 Å². The van der Waals surface area contributed by atoms with Crippen molar-refractivity contribution in [1.82, 2.24) is 0 Å². The molecule has 6 heteroatoms. The molecule has 0 amide bonds. The van der Waals surface area contributed by atoms with Gasteiger partial charge in [-0.2, -0.15) is 0 Å². The molecule has 1 fully saturated rings. The predicted molar refractivity (Wildman–Crippen MR) is 183 cm³/mol. The first-order chi connectivity index (χ1) is 19.6. The lowest BCUT2D eigenvalue weighted by atomic mass is 9.88. The van der Waals surface area contributed by atoms with Crippen molar-refractivity contribution in [2.45, 2.75) is 110 Å². The van der Waals surface area contributed by atoms with Gasteiger partial charge in [-0.15, -0.1) is 0 Å². The standard InChI is InChI=1S/C36H56O4Si2/c1-28(18-17-24-37)26-33-29(2)34(40-41(9,10)35(3,4)5)27-30(39-33)23-25-38-42(36(6,7)8,31-19-13-11-14-20-31)32-21-15-12-16-22-32/h11-22,26,29-30,33-34,37H,23-25,27H2,1-10H3/b18-17+,28-26-/t29-,30-,33+,34-/m0/s1. The van der Waals surface area contributed by atoms with Crippen molar-refractivity contribution in [3.05, 3.63) is 84.5 Å². The van der Waals surface area contributed by atoms with Crippen LogP contribution in [0.3, 0.4) is 0 Å². The molecule has 0 aliphatic carbocycles. The topological polar surface area (TPSA) is 47.9 Å². The molecule has 3 rings (SSSR count). The van der Waals surface area contributed by atoms with E-state index in [1.807, 2.05) is 6.08 Å². The van der Waals surface area contributed by atoms with Crippen LogP contribution in [0.2, 0.25) is 23.2 Å². The van der Waals surface area contributed by atoms with Gasteiger partial charge in [-0.1, -0.05) is 133 Å². The molecule has 1 saturated heterocycles. The Hall–Kier alpha value is -1.81. The Labute approximate surface area is 258 Å². The van der Waals surface area contributed by atoms with E-state index in [1.165, 1.54) is 10.4 Å². The highest BCUT2D eigenvalue weighted by molar-refractivity contribution is 6.99. The number of aliphatic hydroxyl groups is 1. The smallest absolute Gasteiger partial charge is 0.261 e. The molecule has 1 heterocycles. The summed E-state index contributed by atoms with van der Waals surface area (Å²) in [5.74, 6) is 0.227. The second-order valence-corrected chi connectivity index (χ2v) is 23.6. The van der Waals surface area contributed by atoms with E-state index in [0.29, 0.717) is 6.61 Å². The van der Waals surface area contributed by atoms with Crippen LogP contribution in [0.4, 0.5) is 0 Å². The van der Waals surface area contributed by atoms with Gasteiger partial charge in [0.2, 0.25) is 0 Å². The first kappa shape index (κ1) is 34.7. The molecule has 0 bridgehead atoms. The maximum atomic E-state index is 9.27. The predicted octanol–water partition coefficient (Wildman–Crippen LogP) is 7.63. The zero-order valence-electron chi connectivity index (χ0n) is 27.8. The van der Waals surface area contributed by atoms with E-state index < -0.39 is 16.6 Å². The maximum absolute atomic E-state index is 9.27. The lowest BCUT2D eigenvalue weighted by molar-refractivity contribution is -0.111. The van der Waals surface area contributed by atoms with E-state index in [-0.39, 0.29) is 40.9 Å². The van der Waals surface area contributed by atoms with Crippen molar-refractivity contribution in [3.63, 3.8) is 0 Å². The molecule has 0 radical (unpaired) electrons. The number of allylic oxidation sites excluding steroid dienone is 2. The summed E-state index contributed by atoms with van der Waals surface area (Å²) in [6.07, 6.45) is 7.72. The Morgan fingerprint density at radius 1 is 0.929 bits per heavy atom. The normalized spacial score (nSPS) is 23.0. The van der Waals surface area contributed by atoms with Gasteiger partial charge in [0, 0.05) is 12.5 Å². The Kier molecular flexibility index (Phi) is 11.8. The summed E-state index contributed by atoms with van der Waals surface area (Å²) in [5, 5.41) is 11.9. The molecule has 4 nitrogen and oxygen atoms in total. The van der Waals surface area contributed by atoms with Gasteiger partial charge in [0.1, 0.15) is 0 Å². The van der Waals surface area contributed by atoms with E-state index in [0.717, 1.165) is 18.4 Å². The highest BCUT2D eigenvalue weighted by Gasteiger charge is 2.50. The molecule has 0 unspecified atom stereocenters. The second kappa shape index (κ2) is 14.3. The van der Waals surface area contributed by atoms with E-state index in [2.05, 4.69) is 135 Å². The Balaban J connectivity index is 1.91. The molecule has 1 aliphatic heterocycles. The van der Waals surface area contributed by atoms with Gasteiger partial charge in [-0.3, -0.25) is 0 Å². The fourth-order valence-electron chi connectivity index (χ4n) is 5.83. The highest BCUT2D eigenvalue weighted by Crippen LogP contribution is 2.41. The van der Waals surface area contributed by atoms with Gasteiger partial charge >= 0.3 is 0 Å². The number of aliphatic hydroxyl groups excluding tert-OH is 1. The van der Waals surface area contributed by atoms with Crippen molar-refractivity contribution < 1.29 is 18.7 Å². The average Bonchev–Trinajstić information content (AvgIpc) is 2.92. The minimum Gasteiger partial charge on any atom is -0.413 e. The third-order valence-corrected chi connectivity index (χ3v) is 18.8. The van der Waals surface area contributed by atoms with E-state index in [9.17, 15) is 5.11 Å². The molecule has 0 saturated carbocycles. The maximum Gasteiger partial charge on any atom is 0.261 e. The van der Waals surface area contributed by atoms with Gasteiger partial charge in [0.15, 0.2) is 8.32 Å². The third kappa shape index (κ3) is 8.22. The van der Waals surface area contributed by atoms with Crippen molar-refractivity contribution in [1.29, 1.82) is 0 Å². The van der Waals surface area contributed by atoms with Crippen molar-refractivity contribution in [2.24, 2.45) is 5.92 Å². The molecule has 0 aromatic heterocycles. The van der Waals surface area contributed by atoms with Gasteiger partial charge in [0.25, 0.3) is 8.32 Å². The second-order valence-electron chi connectivity index (χ2n) is 14.5. The van der Waals surface area contributed by atoms with E-state index in [4.69, 9.17) is 13.6 Å². The SMILES string of the molecule is CC(=C/[C@H]1O[C@@H](CCO[Si](c2ccccc2)(c2ccccc2)C(C)(C)C)C[C@H](O[Si](C)(C)C(C)(C)C)[C@H]1C)/C=C/CO. The Morgan fingerprint density at radius 3 is 1.95 bits per heavy atom. The van der Waals surface area contributed by atoms with Crippen LogP contribution in [0, 0.1) is 5.92 Å². The fourth-order valence-corrected chi connectivity index (χ4v) is 11.8. The van der Waals surface area contributed by atoms with Gasteiger partial charge in [-0.25, -0.2) is 0 Å². The third-order valence-electron chi connectivity index (χ3n) is 9.29. The van der Waals surface area contributed by atoms with Crippen molar-refractivity contribution in [2.75, 3.05) is 13.2 Å². The van der Waals surface area contributed by atoms with Crippen LogP contribution < -0.4 is 10.4 Å². The molecule has 2 aromatic rings. The summed E-state index contributed by atoms with van der Waals surface area (Å²) in [4.78, 5) is 0. The minimum atomic E-state index is -2.61. The summed E-state index contributed by atoms with van der Waals surface area (Å²) >= 11 is 0. The van der Waals surface area contributed by atoms with Crippen LogP contribution in [0.1, 0.15) is 68.2 Å². The highest BCUT2D eigenvalue weighted by atomic mass is 28.4. The zero-order chi connectivity index (χ0) is 31.2. The van der Waals surface area contributed by atoms with Crippen LogP contribution in [0.5, 0.6) is 0 Å². The number of rotatable bonds is 11. The summed E-state index contributed by atoms with van der Waals surface area (Å²) < 4.78 is 21.1. The van der Waals surface area contributed by atoms with Crippen LogP contribution >= 0.6 is 0 Å². The molecule has 0 spiro atoms. The summed E-state index contributed by atoms with van der Waals surface area (Å²) in [6.45, 7) is 23.6. The van der Waals surface area contributed by atoms with E-state index in [1.54, 1.807) is 6.08 Å². The molecule has 4 atom stereocenters. The van der Waals surface area contributed by atoms with Crippen LogP contribution in [-0.2, 0) is 13.6 Å². The van der Waals surface area contributed by atoms with Gasteiger partial charge < -0.3 is 18.7 Å². The molecular weight excluding hydrogens is 553 g/mol. The van der Waals surface area contributed by atoms with Gasteiger partial charge in [0.05, 0.1) is 24.9 Å². The van der Waals surface area contributed by atoms with Crippen LogP contribution in [0.25, 0.3) is 0 Å². The van der Waals surface area contributed by atoms with Crippen molar-refractivity contribution >= 4 is 27.0 Å². The summed E-state index contributed by atoms with van der Waals surface area (Å²) in [6, 6.07) is 21.7. The van der Waals surface area contributed by atoms with E-state index >= 15 is 0 Å². The lowest BCUT2D eigenvalue weighted by Crippen LogP contribution is -2.66.